The Morgan fingerprint density at radius 1 is 1.29 bits per heavy atom. The lowest BCUT2D eigenvalue weighted by Gasteiger charge is -2.22. The Bertz CT molecular complexity index is 1170. The van der Waals surface area contributed by atoms with Gasteiger partial charge in [-0.2, -0.15) is 5.10 Å². The van der Waals surface area contributed by atoms with Crippen LogP contribution in [0.4, 0.5) is 8.78 Å². The highest BCUT2D eigenvalue weighted by Crippen LogP contribution is 2.40. The summed E-state index contributed by atoms with van der Waals surface area (Å²) in [5, 5.41) is 5.31. The predicted molar refractivity (Wildman–Crippen MR) is 101 cm³/mol. The fraction of sp³-hybridized carbons (Fsp3) is 0.333. The number of hydrogen-bond donors (Lipinski definition) is 0. The number of likely N-dealkylation sites (N-methyl/N-ethyl adjacent to an activating group) is 1. The van der Waals surface area contributed by atoms with Gasteiger partial charge in [-0.05, 0) is 25.2 Å². The van der Waals surface area contributed by atoms with Crippen molar-refractivity contribution in [1.82, 2.24) is 34.2 Å². The molecule has 7 nitrogen and oxygen atoms in total. The molecule has 4 heterocycles. The number of halogens is 3. The Labute approximate surface area is 163 Å². The van der Waals surface area contributed by atoms with E-state index in [2.05, 4.69) is 20.1 Å². The second kappa shape index (κ2) is 6.18. The summed E-state index contributed by atoms with van der Waals surface area (Å²) >= 11 is 6.20. The number of pyridine rings is 1. The average molecular weight is 404 g/mol. The minimum Gasteiger partial charge on any atom is -0.315 e. The van der Waals surface area contributed by atoms with Gasteiger partial charge in [0.15, 0.2) is 0 Å². The highest BCUT2D eigenvalue weighted by Gasteiger charge is 2.49. The van der Waals surface area contributed by atoms with Crippen LogP contribution >= 0.6 is 11.6 Å². The number of alkyl halides is 2. The van der Waals surface area contributed by atoms with E-state index in [9.17, 15) is 8.78 Å². The molecule has 10 heteroatoms. The first-order valence-electron chi connectivity index (χ1n) is 8.76. The molecule has 28 heavy (non-hydrogen) atoms. The first kappa shape index (κ1) is 17.4. The molecule has 0 N–H and O–H groups in total. The van der Waals surface area contributed by atoms with Crippen molar-refractivity contribution in [2.24, 2.45) is 0 Å². The summed E-state index contributed by atoms with van der Waals surface area (Å²) < 4.78 is 33.1. The van der Waals surface area contributed by atoms with Gasteiger partial charge < -0.3 is 4.57 Å². The lowest BCUT2D eigenvalue weighted by molar-refractivity contribution is -0.0202. The molecule has 4 aromatic rings. The van der Waals surface area contributed by atoms with E-state index in [0.717, 1.165) is 0 Å². The molecule has 1 atom stereocenters. The number of hydrogen-bond acceptors (Lipinski definition) is 5. The summed E-state index contributed by atoms with van der Waals surface area (Å²) in [4.78, 5) is 14.6. The van der Waals surface area contributed by atoms with Crippen molar-refractivity contribution in [2.45, 2.75) is 18.5 Å². The van der Waals surface area contributed by atoms with Crippen LogP contribution in [-0.2, 0) is 6.54 Å². The lowest BCUT2D eigenvalue weighted by Crippen LogP contribution is -2.31. The zero-order chi connectivity index (χ0) is 19.5. The summed E-state index contributed by atoms with van der Waals surface area (Å²) in [5.41, 5.74) is 1.85. The average Bonchev–Trinajstić information content (AvgIpc) is 3.32. The second-order valence-electron chi connectivity index (χ2n) is 7.12. The number of nitrogens with zero attached hydrogens (tertiary/aromatic N) is 7. The number of imidazole rings is 1. The van der Waals surface area contributed by atoms with E-state index >= 15 is 0 Å². The van der Waals surface area contributed by atoms with Gasteiger partial charge in [-0.15, -0.1) is 0 Å². The SMILES string of the molecule is CN1C[C@@H](n2c(Cn3cncn3)nc3cnc4ccc(Cl)cc4c32)C(F)(F)C1. The number of benzene rings is 1. The Kier molecular flexibility index (Phi) is 3.85. The van der Waals surface area contributed by atoms with Gasteiger partial charge in [0.2, 0.25) is 0 Å². The first-order chi connectivity index (χ1) is 13.4. The van der Waals surface area contributed by atoms with E-state index in [-0.39, 0.29) is 19.6 Å². The summed E-state index contributed by atoms with van der Waals surface area (Å²) in [6.45, 7) is 0.143. The number of rotatable bonds is 3. The van der Waals surface area contributed by atoms with Crippen LogP contribution < -0.4 is 0 Å². The van der Waals surface area contributed by atoms with Crippen LogP contribution in [0.1, 0.15) is 11.9 Å². The zero-order valence-electron chi connectivity index (χ0n) is 14.9. The van der Waals surface area contributed by atoms with E-state index in [0.29, 0.717) is 32.8 Å². The van der Waals surface area contributed by atoms with Crippen molar-refractivity contribution in [3.05, 3.63) is 47.9 Å². The molecule has 1 aliphatic heterocycles. The Morgan fingerprint density at radius 3 is 2.86 bits per heavy atom. The minimum absolute atomic E-state index is 0.215. The van der Waals surface area contributed by atoms with Crippen LogP contribution in [0, 0.1) is 0 Å². The van der Waals surface area contributed by atoms with Gasteiger partial charge in [-0.25, -0.2) is 23.4 Å². The maximum atomic E-state index is 14.9. The summed E-state index contributed by atoms with van der Waals surface area (Å²) in [7, 11) is 1.70. The molecule has 0 unspecified atom stereocenters. The van der Waals surface area contributed by atoms with Crippen molar-refractivity contribution in [3.8, 4) is 0 Å². The summed E-state index contributed by atoms with van der Waals surface area (Å²) in [5.74, 6) is -2.41. The molecule has 0 aliphatic carbocycles. The maximum absolute atomic E-state index is 14.9. The molecule has 5 rings (SSSR count). The first-order valence-corrected chi connectivity index (χ1v) is 9.14. The van der Waals surface area contributed by atoms with E-state index in [1.54, 1.807) is 45.6 Å². The van der Waals surface area contributed by atoms with Crippen molar-refractivity contribution in [2.75, 3.05) is 20.1 Å². The van der Waals surface area contributed by atoms with E-state index in [1.165, 1.54) is 12.7 Å². The Hall–Kier alpha value is -2.65. The zero-order valence-corrected chi connectivity index (χ0v) is 15.7. The molecule has 0 spiro atoms. The third-order valence-electron chi connectivity index (χ3n) is 5.09. The van der Waals surface area contributed by atoms with Crippen molar-refractivity contribution < 1.29 is 8.78 Å². The molecular weight excluding hydrogens is 388 g/mol. The van der Waals surface area contributed by atoms with Gasteiger partial charge in [0.1, 0.15) is 36.6 Å². The van der Waals surface area contributed by atoms with E-state index in [4.69, 9.17) is 11.6 Å². The van der Waals surface area contributed by atoms with Crippen LogP contribution in [-0.4, -0.2) is 60.3 Å². The van der Waals surface area contributed by atoms with E-state index < -0.39 is 12.0 Å². The third kappa shape index (κ3) is 2.73. The molecule has 1 fully saturated rings. The van der Waals surface area contributed by atoms with Crippen LogP contribution in [0.3, 0.4) is 0 Å². The Morgan fingerprint density at radius 2 is 2.14 bits per heavy atom. The second-order valence-corrected chi connectivity index (χ2v) is 7.55. The standard InChI is InChI=1S/C18H16ClF2N7/c1-26-6-15(18(20,21)8-26)28-16(7-27-10-22-9-24-27)25-14-5-23-13-3-2-11(19)4-12(13)17(14)28/h2-5,9-10,15H,6-8H2,1H3/t15-/m1/s1. The highest BCUT2D eigenvalue weighted by atomic mass is 35.5. The van der Waals surface area contributed by atoms with Gasteiger partial charge in [-0.3, -0.25) is 9.88 Å². The minimum atomic E-state index is -2.90. The molecule has 144 valence electrons. The molecule has 0 amide bonds. The van der Waals surface area contributed by atoms with Crippen molar-refractivity contribution in [3.63, 3.8) is 0 Å². The van der Waals surface area contributed by atoms with Crippen LogP contribution in [0.5, 0.6) is 0 Å². The van der Waals surface area contributed by atoms with Crippen molar-refractivity contribution in [1.29, 1.82) is 0 Å². The monoisotopic (exact) mass is 403 g/mol. The van der Waals surface area contributed by atoms with Gasteiger partial charge in [0.05, 0.1) is 23.8 Å². The number of likely N-dealkylation sites (tertiary alicyclic amines) is 1. The summed E-state index contributed by atoms with van der Waals surface area (Å²) in [6, 6.07) is 4.22. The fourth-order valence-electron chi connectivity index (χ4n) is 3.93. The number of aromatic nitrogens is 6. The normalized spacial score (nSPS) is 19.8. The van der Waals surface area contributed by atoms with Gasteiger partial charge in [0, 0.05) is 17.0 Å². The van der Waals surface area contributed by atoms with Crippen LogP contribution in [0.15, 0.2) is 37.1 Å². The maximum Gasteiger partial charge on any atom is 0.282 e. The molecule has 0 radical (unpaired) electrons. The third-order valence-corrected chi connectivity index (χ3v) is 5.32. The molecule has 1 aliphatic rings. The molecule has 1 saturated heterocycles. The lowest BCUT2D eigenvalue weighted by atomic mass is 10.1. The van der Waals surface area contributed by atoms with Crippen LogP contribution in [0.25, 0.3) is 21.9 Å². The molecular formula is C18H16ClF2N7. The smallest absolute Gasteiger partial charge is 0.282 e. The van der Waals surface area contributed by atoms with Gasteiger partial charge in [-0.1, -0.05) is 11.6 Å². The quantitative estimate of drug-likeness (QED) is 0.526. The van der Waals surface area contributed by atoms with Gasteiger partial charge in [0.25, 0.3) is 5.92 Å². The molecule has 0 bridgehead atoms. The van der Waals surface area contributed by atoms with E-state index in [1.807, 2.05) is 0 Å². The fourth-order valence-corrected chi connectivity index (χ4v) is 4.11. The summed E-state index contributed by atoms with van der Waals surface area (Å²) in [6.07, 6.45) is 4.56. The largest absolute Gasteiger partial charge is 0.315 e. The predicted octanol–water partition coefficient (Wildman–Crippen LogP) is 3.00. The van der Waals surface area contributed by atoms with Gasteiger partial charge >= 0.3 is 0 Å². The molecule has 1 aromatic carbocycles. The molecule has 3 aromatic heterocycles. The number of fused-ring (bicyclic) bond motifs is 3. The van der Waals surface area contributed by atoms with Crippen molar-refractivity contribution >= 4 is 33.5 Å². The topological polar surface area (TPSA) is 64.7 Å². The van der Waals surface area contributed by atoms with Crippen LogP contribution in [0.2, 0.25) is 5.02 Å². The highest BCUT2D eigenvalue weighted by molar-refractivity contribution is 6.31. The molecule has 0 saturated carbocycles. The Balaban J connectivity index is 1.81.